The van der Waals surface area contributed by atoms with Crippen molar-refractivity contribution >= 4 is 10.2 Å². The van der Waals surface area contributed by atoms with Crippen molar-refractivity contribution in [1.82, 2.24) is 8.61 Å². The van der Waals surface area contributed by atoms with E-state index in [2.05, 4.69) is 0 Å². The molecule has 1 aliphatic heterocycles. The zero-order valence-electron chi connectivity index (χ0n) is 14.2. The number of hydrogen-bond donors (Lipinski definition) is 0. The Morgan fingerprint density at radius 2 is 1.78 bits per heavy atom. The largest absolute Gasteiger partial charge is 0.492 e. The highest BCUT2D eigenvalue weighted by molar-refractivity contribution is 7.86. The Morgan fingerprint density at radius 3 is 2.35 bits per heavy atom. The lowest BCUT2D eigenvalue weighted by Crippen LogP contribution is -2.52. The van der Waals surface area contributed by atoms with Gasteiger partial charge in [0, 0.05) is 26.7 Å². The quantitative estimate of drug-likeness (QED) is 0.789. The summed E-state index contributed by atoms with van der Waals surface area (Å²) in [6, 6.07) is 7.70. The number of nitrogens with zero attached hydrogens (tertiary/aromatic N) is 2. The van der Waals surface area contributed by atoms with E-state index in [1.807, 2.05) is 45.0 Å². The zero-order chi connectivity index (χ0) is 17.0. The molecule has 1 aromatic rings. The van der Waals surface area contributed by atoms with E-state index >= 15 is 0 Å². The van der Waals surface area contributed by atoms with Crippen LogP contribution in [0, 0.1) is 6.92 Å². The molecule has 0 aromatic heterocycles. The maximum absolute atomic E-state index is 12.6. The number of benzene rings is 1. The molecule has 0 saturated carbocycles. The molecule has 2 unspecified atom stereocenters. The molecule has 0 amide bonds. The van der Waals surface area contributed by atoms with Crippen LogP contribution in [0.3, 0.4) is 0 Å². The van der Waals surface area contributed by atoms with E-state index in [9.17, 15) is 8.42 Å². The summed E-state index contributed by atoms with van der Waals surface area (Å²) in [5.41, 5.74) is 1.16. The lowest BCUT2D eigenvalue weighted by Gasteiger charge is -2.36. The van der Waals surface area contributed by atoms with Crippen LogP contribution in [-0.4, -0.2) is 62.5 Å². The van der Waals surface area contributed by atoms with Gasteiger partial charge >= 0.3 is 0 Å². The van der Waals surface area contributed by atoms with Crippen molar-refractivity contribution in [3.05, 3.63) is 29.8 Å². The standard InChI is InChI=1S/C16H26N2O4S/c1-13-5-7-16(8-6-13)21-10-9-17(4)23(19,20)18-11-14(2)22-15(3)12-18/h5-8,14-15H,9-12H2,1-4H3. The number of rotatable bonds is 6. The van der Waals surface area contributed by atoms with Gasteiger partial charge < -0.3 is 9.47 Å². The first kappa shape index (κ1) is 18.2. The van der Waals surface area contributed by atoms with Crippen LogP contribution in [0.2, 0.25) is 0 Å². The molecule has 7 heteroatoms. The highest BCUT2D eigenvalue weighted by atomic mass is 32.2. The number of morpholine rings is 1. The highest BCUT2D eigenvalue weighted by Gasteiger charge is 2.33. The number of hydrogen-bond acceptors (Lipinski definition) is 4. The van der Waals surface area contributed by atoms with Crippen LogP contribution in [0.1, 0.15) is 19.4 Å². The maximum Gasteiger partial charge on any atom is 0.282 e. The third-order valence-corrected chi connectivity index (χ3v) is 5.72. The number of ether oxygens (including phenoxy) is 2. The van der Waals surface area contributed by atoms with Crippen molar-refractivity contribution in [2.45, 2.75) is 33.0 Å². The third-order valence-electron chi connectivity index (χ3n) is 3.80. The second kappa shape index (κ2) is 7.61. The molecule has 2 atom stereocenters. The predicted molar refractivity (Wildman–Crippen MR) is 89.8 cm³/mol. The first-order valence-electron chi connectivity index (χ1n) is 7.85. The van der Waals surface area contributed by atoms with Crippen LogP contribution >= 0.6 is 0 Å². The Labute approximate surface area is 139 Å². The Morgan fingerprint density at radius 1 is 1.22 bits per heavy atom. The number of likely N-dealkylation sites (N-methyl/N-ethyl adjacent to an activating group) is 1. The molecule has 0 spiro atoms. The predicted octanol–water partition coefficient (Wildman–Crippen LogP) is 1.66. The van der Waals surface area contributed by atoms with Crippen LogP contribution in [0.25, 0.3) is 0 Å². The molecule has 1 saturated heterocycles. The summed E-state index contributed by atoms with van der Waals surface area (Å²) in [6.07, 6.45) is -0.184. The third kappa shape index (κ3) is 4.91. The van der Waals surface area contributed by atoms with E-state index in [0.29, 0.717) is 26.2 Å². The van der Waals surface area contributed by atoms with Gasteiger partial charge in [-0.1, -0.05) is 17.7 Å². The fraction of sp³-hybridized carbons (Fsp3) is 0.625. The molecule has 1 aromatic carbocycles. The molecule has 0 N–H and O–H groups in total. The van der Waals surface area contributed by atoms with Gasteiger partial charge in [0.1, 0.15) is 12.4 Å². The van der Waals surface area contributed by atoms with Crippen molar-refractivity contribution in [2.24, 2.45) is 0 Å². The van der Waals surface area contributed by atoms with Gasteiger partial charge in [-0.05, 0) is 32.9 Å². The molecule has 0 bridgehead atoms. The van der Waals surface area contributed by atoms with Crippen molar-refractivity contribution in [3.63, 3.8) is 0 Å². The Hall–Kier alpha value is -1.15. The minimum Gasteiger partial charge on any atom is -0.492 e. The highest BCUT2D eigenvalue weighted by Crippen LogP contribution is 2.17. The summed E-state index contributed by atoms with van der Waals surface area (Å²) < 4.78 is 39.2. The molecule has 2 rings (SSSR count). The van der Waals surface area contributed by atoms with Gasteiger partial charge in [0.15, 0.2) is 0 Å². The van der Waals surface area contributed by atoms with Crippen LogP contribution in [0.4, 0.5) is 0 Å². The fourth-order valence-corrected chi connectivity index (χ4v) is 4.05. The molecule has 23 heavy (non-hydrogen) atoms. The average molecular weight is 342 g/mol. The van der Waals surface area contributed by atoms with Crippen molar-refractivity contribution < 1.29 is 17.9 Å². The number of aryl methyl sites for hydroxylation is 1. The SMILES string of the molecule is Cc1ccc(OCCN(C)S(=O)(=O)N2CC(C)OC(C)C2)cc1. The van der Waals surface area contributed by atoms with E-state index < -0.39 is 10.2 Å². The minimum absolute atomic E-state index is 0.0919. The van der Waals surface area contributed by atoms with Crippen LogP contribution in [0.5, 0.6) is 5.75 Å². The van der Waals surface area contributed by atoms with Gasteiger partial charge in [0.05, 0.1) is 12.2 Å². The van der Waals surface area contributed by atoms with Gasteiger partial charge in [-0.25, -0.2) is 0 Å². The monoisotopic (exact) mass is 342 g/mol. The van der Waals surface area contributed by atoms with E-state index in [1.165, 1.54) is 8.61 Å². The molecule has 0 radical (unpaired) electrons. The molecular formula is C16H26N2O4S. The summed E-state index contributed by atoms with van der Waals surface area (Å²) in [7, 11) is -1.90. The molecular weight excluding hydrogens is 316 g/mol. The average Bonchev–Trinajstić information content (AvgIpc) is 2.48. The second-order valence-electron chi connectivity index (χ2n) is 6.07. The van der Waals surface area contributed by atoms with Crippen LogP contribution in [-0.2, 0) is 14.9 Å². The second-order valence-corrected chi connectivity index (χ2v) is 8.10. The molecule has 130 valence electrons. The maximum atomic E-state index is 12.6. The minimum atomic E-state index is -3.48. The molecule has 1 heterocycles. The van der Waals surface area contributed by atoms with Gasteiger partial charge in [-0.3, -0.25) is 0 Å². The summed E-state index contributed by atoms with van der Waals surface area (Å²) >= 11 is 0. The van der Waals surface area contributed by atoms with E-state index in [1.54, 1.807) is 7.05 Å². The molecule has 1 aliphatic rings. The van der Waals surface area contributed by atoms with Gasteiger partial charge in [0.25, 0.3) is 10.2 Å². The summed E-state index contributed by atoms with van der Waals surface area (Å²) in [5.74, 6) is 0.745. The van der Waals surface area contributed by atoms with Gasteiger partial charge in [0.2, 0.25) is 0 Å². The Balaban J connectivity index is 1.88. The van der Waals surface area contributed by atoms with Gasteiger partial charge in [-0.2, -0.15) is 17.0 Å². The van der Waals surface area contributed by atoms with E-state index in [4.69, 9.17) is 9.47 Å². The van der Waals surface area contributed by atoms with E-state index in [0.717, 1.165) is 11.3 Å². The molecule has 6 nitrogen and oxygen atoms in total. The Kier molecular flexibility index (Phi) is 6.02. The Bertz CT molecular complexity index is 593. The topological polar surface area (TPSA) is 59.1 Å². The van der Waals surface area contributed by atoms with E-state index in [-0.39, 0.29) is 12.2 Å². The van der Waals surface area contributed by atoms with Crippen molar-refractivity contribution in [1.29, 1.82) is 0 Å². The van der Waals surface area contributed by atoms with Crippen molar-refractivity contribution in [3.8, 4) is 5.75 Å². The normalized spacial score (nSPS) is 23.2. The lowest BCUT2D eigenvalue weighted by atomic mass is 10.2. The molecule has 1 fully saturated rings. The van der Waals surface area contributed by atoms with Crippen molar-refractivity contribution in [2.75, 3.05) is 33.3 Å². The molecule has 0 aliphatic carbocycles. The van der Waals surface area contributed by atoms with Crippen LogP contribution < -0.4 is 4.74 Å². The summed E-state index contributed by atoms with van der Waals surface area (Å²) in [4.78, 5) is 0. The van der Waals surface area contributed by atoms with Crippen LogP contribution in [0.15, 0.2) is 24.3 Å². The van der Waals surface area contributed by atoms with Gasteiger partial charge in [-0.15, -0.1) is 0 Å². The summed E-state index contributed by atoms with van der Waals surface area (Å²) in [5, 5.41) is 0. The first-order chi connectivity index (χ1) is 10.8. The first-order valence-corrected chi connectivity index (χ1v) is 9.25. The fourth-order valence-electron chi connectivity index (χ4n) is 2.56. The summed E-state index contributed by atoms with van der Waals surface area (Å²) in [6.45, 7) is 7.17. The lowest BCUT2D eigenvalue weighted by molar-refractivity contribution is -0.0453. The smallest absolute Gasteiger partial charge is 0.282 e. The zero-order valence-corrected chi connectivity index (χ0v) is 15.0.